The highest BCUT2D eigenvalue weighted by Gasteiger charge is 2.72. The monoisotopic (exact) mass is 300 g/mol. The quantitative estimate of drug-likeness (QED) is 0.581. The van der Waals surface area contributed by atoms with Crippen LogP contribution in [0.15, 0.2) is 12.2 Å². The molecule has 5 fully saturated rings. The first kappa shape index (κ1) is 12.6. The Hall–Kier alpha value is -0.830. The van der Waals surface area contributed by atoms with Crippen LogP contribution in [0.5, 0.6) is 0 Å². The van der Waals surface area contributed by atoms with Gasteiger partial charge in [-0.05, 0) is 68.6 Å². The number of ether oxygens (including phenoxy) is 2. The van der Waals surface area contributed by atoms with Gasteiger partial charge in [0.2, 0.25) is 0 Å². The van der Waals surface area contributed by atoms with E-state index in [1.807, 2.05) is 0 Å². The first-order valence-electron chi connectivity index (χ1n) is 9.21. The summed E-state index contributed by atoms with van der Waals surface area (Å²) in [6, 6.07) is 0. The van der Waals surface area contributed by atoms with Crippen LogP contribution in [0.4, 0.5) is 0 Å². The van der Waals surface area contributed by atoms with Crippen molar-refractivity contribution in [2.75, 3.05) is 0 Å². The van der Waals surface area contributed by atoms with Crippen molar-refractivity contribution in [1.29, 1.82) is 0 Å². The van der Waals surface area contributed by atoms with E-state index in [1.165, 1.54) is 25.7 Å². The molecule has 118 valence electrons. The molecule has 5 aliphatic carbocycles. The second-order valence-corrected chi connectivity index (χ2v) is 8.98. The maximum absolute atomic E-state index is 12.7. The lowest BCUT2D eigenvalue weighted by Crippen LogP contribution is -2.41. The third-order valence-corrected chi connectivity index (χ3v) is 8.10. The van der Waals surface area contributed by atoms with Gasteiger partial charge in [-0.3, -0.25) is 4.79 Å². The Labute approximate surface area is 131 Å². The Kier molecular flexibility index (Phi) is 2.17. The summed E-state index contributed by atoms with van der Waals surface area (Å²) in [4.78, 5) is 12.7. The van der Waals surface area contributed by atoms with Crippen LogP contribution in [-0.2, 0) is 14.3 Å². The Morgan fingerprint density at radius 1 is 1.18 bits per heavy atom. The third kappa shape index (κ3) is 1.32. The van der Waals surface area contributed by atoms with Gasteiger partial charge in [0.25, 0.3) is 0 Å². The maximum Gasteiger partial charge on any atom is 0.309 e. The molecule has 0 aromatic rings. The first-order valence-corrected chi connectivity index (χ1v) is 9.21. The van der Waals surface area contributed by atoms with E-state index in [9.17, 15) is 4.79 Å². The van der Waals surface area contributed by atoms with Crippen molar-refractivity contribution < 1.29 is 14.3 Å². The molecule has 0 aromatic carbocycles. The van der Waals surface area contributed by atoms with E-state index >= 15 is 0 Å². The van der Waals surface area contributed by atoms with E-state index < -0.39 is 0 Å². The number of esters is 1. The molecule has 0 N–H and O–H groups in total. The summed E-state index contributed by atoms with van der Waals surface area (Å²) in [6.45, 7) is 2.30. The second kappa shape index (κ2) is 3.80. The van der Waals surface area contributed by atoms with Gasteiger partial charge in [-0.25, -0.2) is 0 Å². The zero-order valence-corrected chi connectivity index (χ0v) is 13.1. The van der Waals surface area contributed by atoms with Gasteiger partial charge in [0.15, 0.2) is 0 Å². The van der Waals surface area contributed by atoms with Crippen LogP contribution < -0.4 is 0 Å². The van der Waals surface area contributed by atoms with Crippen molar-refractivity contribution in [1.82, 2.24) is 0 Å². The first-order chi connectivity index (χ1) is 10.6. The minimum absolute atomic E-state index is 0.0592. The molecule has 3 heteroatoms. The smallest absolute Gasteiger partial charge is 0.309 e. The van der Waals surface area contributed by atoms with Crippen LogP contribution in [0.1, 0.15) is 39.0 Å². The van der Waals surface area contributed by atoms with Crippen molar-refractivity contribution in [2.45, 2.75) is 56.8 Å². The molecule has 10 atom stereocenters. The average molecular weight is 300 g/mol. The van der Waals surface area contributed by atoms with Gasteiger partial charge >= 0.3 is 5.97 Å². The van der Waals surface area contributed by atoms with E-state index in [1.54, 1.807) is 0 Å². The molecule has 22 heavy (non-hydrogen) atoms. The number of fused-ring (bicyclic) bond motifs is 4. The van der Waals surface area contributed by atoms with E-state index in [-0.39, 0.29) is 29.7 Å². The highest BCUT2D eigenvalue weighted by atomic mass is 16.6. The fourth-order valence-electron chi connectivity index (χ4n) is 7.37. The zero-order chi connectivity index (χ0) is 14.6. The summed E-state index contributed by atoms with van der Waals surface area (Å²) in [7, 11) is 0. The fraction of sp³-hybridized carbons (Fsp3) is 0.842. The van der Waals surface area contributed by atoms with Crippen LogP contribution in [0, 0.1) is 41.4 Å². The van der Waals surface area contributed by atoms with E-state index in [0.29, 0.717) is 23.7 Å². The molecule has 4 saturated carbocycles. The highest BCUT2D eigenvalue weighted by Crippen LogP contribution is 2.69. The summed E-state index contributed by atoms with van der Waals surface area (Å²) < 4.78 is 12.6. The molecule has 10 unspecified atom stereocenters. The molecular formula is C19H24O3. The van der Waals surface area contributed by atoms with Gasteiger partial charge < -0.3 is 9.47 Å². The number of rotatable bonds is 2. The lowest BCUT2D eigenvalue weighted by molar-refractivity contribution is -0.169. The highest BCUT2D eigenvalue weighted by molar-refractivity contribution is 5.74. The van der Waals surface area contributed by atoms with Gasteiger partial charge in [-0.2, -0.15) is 0 Å². The van der Waals surface area contributed by atoms with Gasteiger partial charge in [0, 0.05) is 5.92 Å². The molecule has 0 spiro atoms. The van der Waals surface area contributed by atoms with Gasteiger partial charge in [-0.1, -0.05) is 12.2 Å². The van der Waals surface area contributed by atoms with Crippen molar-refractivity contribution in [2.24, 2.45) is 41.4 Å². The number of hydrogen-bond acceptors (Lipinski definition) is 3. The summed E-state index contributed by atoms with van der Waals surface area (Å²) >= 11 is 0. The summed E-state index contributed by atoms with van der Waals surface area (Å²) in [5.74, 6) is 4.03. The SMILES string of the molecule is CC12CCC3C4CC(C(O1)C4OC(=O)C1CC4C=CC1C4)C32. The standard InChI is InChI=1S/C19H24O3/c1-19-5-4-11-13-8-14(15(11)19)17(22-19)16(13)21-18(20)12-7-9-2-3-10(12)6-9/h2-3,9-17H,4-8H2,1H3. The van der Waals surface area contributed by atoms with E-state index in [2.05, 4.69) is 19.1 Å². The van der Waals surface area contributed by atoms with E-state index in [0.717, 1.165) is 18.3 Å². The van der Waals surface area contributed by atoms with Gasteiger partial charge in [-0.15, -0.1) is 0 Å². The second-order valence-electron chi connectivity index (χ2n) is 8.98. The molecule has 6 aliphatic rings. The largest absolute Gasteiger partial charge is 0.459 e. The number of hydrogen-bond donors (Lipinski definition) is 0. The van der Waals surface area contributed by atoms with Crippen molar-refractivity contribution in [3.05, 3.63) is 12.2 Å². The molecule has 3 nitrogen and oxygen atoms in total. The molecule has 1 saturated heterocycles. The maximum atomic E-state index is 12.7. The fourth-order valence-corrected chi connectivity index (χ4v) is 7.37. The average Bonchev–Trinajstić information content (AvgIpc) is 3.25. The van der Waals surface area contributed by atoms with Crippen LogP contribution in [-0.4, -0.2) is 23.8 Å². The van der Waals surface area contributed by atoms with Crippen LogP contribution in [0.2, 0.25) is 0 Å². The van der Waals surface area contributed by atoms with Crippen LogP contribution in [0.3, 0.4) is 0 Å². The topological polar surface area (TPSA) is 35.5 Å². The summed E-state index contributed by atoms with van der Waals surface area (Å²) in [5, 5.41) is 0. The zero-order valence-electron chi connectivity index (χ0n) is 13.1. The molecule has 4 bridgehead atoms. The lowest BCUT2D eigenvalue weighted by atomic mass is 9.77. The summed E-state index contributed by atoms with van der Waals surface area (Å²) in [5.41, 5.74) is 0.0884. The van der Waals surface area contributed by atoms with Crippen molar-refractivity contribution >= 4 is 5.97 Å². The molecule has 0 aromatic heterocycles. The summed E-state index contributed by atoms with van der Waals surface area (Å²) in [6.07, 6.45) is 10.7. The predicted molar refractivity (Wildman–Crippen MR) is 79.8 cm³/mol. The Balaban J connectivity index is 1.25. The van der Waals surface area contributed by atoms with E-state index in [4.69, 9.17) is 9.47 Å². The van der Waals surface area contributed by atoms with Crippen molar-refractivity contribution in [3.8, 4) is 0 Å². The molecule has 0 radical (unpaired) electrons. The molecular weight excluding hydrogens is 276 g/mol. The van der Waals surface area contributed by atoms with Gasteiger partial charge in [0.05, 0.1) is 17.6 Å². The molecule has 6 rings (SSSR count). The van der Waals surface area contributed by atoms with Crippen molar-refractivity contribution in [3.63, 3.8) is 0 Å². The molecule has 1 aliphatic heterocycles. The number of carbonyl (C=O) groups excluding carboxylic acids is 1. The van der Waals surface area contributed by atoms with Crippen LogP contribution >= 0.6 is 0 Å². The number of carbonyl (C=O) groups is 1. The molecule has 1 heterocycles. The Bertz CT molecular complexity index is 575. The lowest BCUT2D eigenvalue weighted by Gasteiger charge is -2.32. The Morgan fingerprint density at radius 3 is 2.86 bits per heavy atom. The van der Waals surface area contributed by atoms with Crippen LogP contribution in [0.25, 0.3) is 0 Å². The number of allylic oxidation sites excluding steroid dienone is 2. The van der Waals surface area contributed by atoms with Gasteiger partial charge in [0.1, 0.15) is 6.10 Å². The minimum Gasteiger partial charge on any atom is -0.459 e. The normalized spacial score (nSPS) is 62.3. The third-order valence-electron chi connectivity index (χ3n) is 8.10. The minimum atomic E-state index is 0.0592. The molecule has 0 amide bonds. The Morgan fingerprint density at radius 2 is 2.09 bits per heavy atom. The predicted octanol–water partition coefficient (Wildman–Crippen LogP) is 2.94.